The Hall–Kier alpha value is -0.120. The molecule has 0 aliphatic carbocycles. The van der Waals surface area contributed by atoms with Gasteiger partial charge >= 0.3 is 0 Å². The summed E-state index contributed by atoms with van der Waals surface area (Å²) >= 11 is 0. The predicted octanol–water partition coefficient (Wildman–Crippen LogP) is 0.953. The minimum absolute atomic E-state index is 0.614. The van der Waals surface area contributed by atoms with Gasteiger partial charge in [-0.1, -0.05) is 13.8 Å². The molecule has 1 unspecified atom stereocenters. The smallest absolute Gasteiger partial charge is 0.0589 e. The van der Waals surface area contributed by atoms with E-state index in [0.29, 0.717) is 6.04 Å². The van der Waals surface area contributed by atoms with E-state index in [1.807, 2.05) is 0 Å². The van der Waals surface area contributed by atoms with Crippen molar-refractivity contribution in [1.82, 2.24) is 10.2 Å². The lowest BCUT2D eigenvalue weighted by molar-refractivity contribution is 0.159. The number of rotatable bonds is 6. The summed E-state index contributed by atoms with van der Waals surface area (Å²) in [7, 11) is 1.77. The van der Waals surface area contributed by atoms with Crippen LogP contribution in [0.25, 0.3) is 0 Å². The quantitative estimate of drug-likeness (QED) is 0.691. The fraction of sp³-hybridized carbons (Fsp3) is 1.00. The van der Waals surface area contributed by atoms with Gasteiger partial charge in [-0.3, -0.25) is 0 Å². The monoisotopic (exact) mass is 200 g/mol. The second-order valence-electron chi connectivity index (χ2n) is 4.51. The lowest BCUT2D eigenvalue weighted by atomic mass is 10.1. The molecule has 3 nitrogen and oxygen atoms in total. The largest absolute Gasteiger partial charge is 0.383 e. The van der Waals surface area contributed by atoms with Gasteiger partial charge in [-0.15, -0.1) is 0 Å². The maximum absolute atomic E-state index is 5.08. The Morgan fingerprint density at radius 3 is 2.93 bits per heavy atom. The third-order valence-electron chi connectivity index (χ3n) is 2.80. The molecule has 0 spiro atoms. The molecule has 0 saturated carbocycles. The van der Waals surface area contributed by atoms with Gasteiger partial charge in [0, 0.05) is 26.2 Å². The standard InChI is InChI=1S/C11H24N2O/c1-10(2)12-8-11-4-5-13(9-11)6-7-14-3/h10-12H,4-9H2,1-3H3. The topological polar surface area (TPSA) is 24.5 Å². The normalized spacial score (nSPS) is 23.6. The van der Waals surface area contributed by atoms with Crippen molar-refractivity contribution in [2.45, 2.75) is 26.3 Å². The average molecular weight is 200 g/mol. The molecular weight excluding hydrogens is 176 g/mol. The molecule has 1 atom stereocenters. The summed E-state index contributed by atoms with van der Waals surface area (Å²) in [5, 5.41) is 3.51. The zero-order valence-corrected chi connectivity index (χ0v) is 9.75. The van der Waals surface area contributed by atoms with Crippen LogP contribution in [0.1, 0.15) is 20.3 Å². The summed E-state index contributed by atoms with van der Waals surface area (Å²) in [5.74, 6) is 0.842. The van der Waals surface area contributed by atoms with Crippen molar-refractivity contribution in [3.63, 3.8) is 0 Å². The first-order valence-electron chi connectivity index (χ1n) is 5.67. The zero-order valence-electron chi connectivity index (χ0n) is 9.75. The molecule has 0 bridgehead atoms. The van der Waals surface area contributed by atoms with Gasteiger partial charge in [-0.25, -0.2) is 0 Å². The van der Waals surface area contributed by atoms with Crippen molar-refractivity contribution in [3.8, 4) is 0 Å². The summed E-state index contributed by atoms with van der Waals surface area (Å²) in [5.41, 5.74) is 0. The lowest BCUT2D eigenvalue weighted by Crippen LogP contribution is -2.31. The van der Waals surface area contributed by atoms with Gasteiger partial charge in [-0.2, -0.15) is 0 Å². The minimum Gasteiger partial charge on any atom is -0.383 e. The van der Waals surface area contributed by atoms with Gasteiger partial charge in [0.25, 0.3) is 0 Å². The van der Waals surface area contributed by atoms with Crippen molar-refractivity contribution in [2.75, 3.05) is 39.9 Å². The highest BCUT2D eigenvalue weighted by Gasteiger charge is 2.21. The van der Waals surface area contributed by atoms with Crippen LogP contribution < -0.4 is 5.32 Å². The van der Waals surface area contributed by atoms with E-state index in [4.69, 9.17) is 4.74 Å². The highest BCUT2D eigenvalue weighted by Crippen LogP contribution is 2.14. The first-order chi connectivity index (χ1) is 6.72. The number of methoxy groups -OCH3 is 1. The molecule has 1 saturated heterocycles. The fourth-order valence-corrected chi connectivity index (χ4v) is 1.91. The molecule has 1 fully saturated rings. The molecule has 0 amide bonds. The Bertz CT molecular complexity index is 150. The average Bonchev–Trinajstić information content (AvgIpc) is 2.59. The first-order valence-corrected chi connectivity index (χ1v) is 5.67. The zero-order chi connectivity index (χ0) is 10.4. The van der Waals surface area contributed by atoms with Crippen LogP contribution in [-0.2, 0) is 4.74 Å². The maximum atomic E-state index is 5.08. The van der Waals surface area contributed by atoms with E-state index in [2.05, 4.69) is 24.1 Å². The van der Waals surface area contributed by atoms with E-state index >= 15 is 0 Å². The molecular formula is C11H24N2O. The summed E-state index contributed by atoms with van der Waals surface area (Å²) in [6.07, 6.45) is 1.34. The third-order valence-corrected chi connectivity index (χ3v) is 2.80. The first kappa shape index (κ1) is 12.0. The predicted molar refractivity (Wildman–Crippen MR) is 59.6 cm³/mol. The van der Waals surface area contributed by atoms with Crippen LogP contribution >= 0.6 is 0 Å². The van der Waals surface area contributed by atoms with Gasteiger partial charge in [0.15, 0.2) is 0 Å². The van der Waals surface area contributed by atoms with Crippen molar-refractivity contribution in [2.24, 2.45) is 5.92 Å². The second kappa shape index (κ2) is 6.38. The second-order valence-corrected chi connectivity index (χ2v) is 4.51. The molecule has 0 radical (unpaired) electrons. The summed E-state index contributed by atoms with van der Waals surface area (Å²) in [4.78, 5) is 2.50. The minimum atomic E-state index is 0.614. The molecule has 1 rings (SSSR count). The SMILES string of the molecule is COCCN1CCC(CNC(C)C)C1. The van der Waals surface area contributed by atoms with Crippen LogP contribution in [0.4, 0.5) is 0 Å². The van der Waals surface area contributed by atoms with Crippen LogP contribution in [0.5, 0.6) is 0 Å². The molecule has 0 aromatic heterocycles. The van der Waals surface area contributed by atoms with Crippen LogP contribution in [0, 0.1) is 5.92 Å². The van der Waals surface area contributed by atoms with Crippen LogP contribution in [-0.4, -0.2) is 50.8 Å². The maximum Gasteiger partial charge on any atom is 0.0589 e. The summed E-state index contributed by atoms with van der Waals surface area (Å²) in [6.45, 7) is 10.0. The van der Waals surface area contributed by atoms with E-state index < -0.39 is 0 Å². The lowest BCUT2D eigenvalue weighted by Gasteiger charge is -2.16. The molecule has 1 aliphatic heterocycles. The van der Waals surface area contributed by atoms with Gasteiger partial charge in [0.05, 0.1) is 6.61 Å². The Morgan fingerprint density at radius 2 is 2.29 bits per heavy atom. The Kier molecular flexibility index (Phi) is 5.45. The van der Waals surface area contributed by atoms with Crippen LogP contribution in [0.2, 0.25) is 0 Å². The third kappa shape index (κ3) is 4.40. The summed E-state index contributed by atoms with van der Waals surface area (Å²) in [6, 6.07) is 0.614. The fourth-order valence-electron chi connectivity index (χ4n) is 1.91. The van der Waals surface area contributed by atoms with Crippen molar-refractivity contribution in [1.29, 1.82) is 0 Å². The van der Waals surface area contributed by atoms with Gasteiger partial charge in [0.1, 0.15) is 0 Å². The number of hydrogen-bond donors (Lipinski definition) is 1. The van der Waals surface area contributed by atoms with Crippen molar-refractivity contribution < 1.29 is 4.74 Å². The van der Waals surface area contributed by atoms with Gasteiger partial charge < -0.3 is 15.0 Å². The highest BCUT2D eigenvalue weighted by molar-refractivity contribution is 4.77. The van der Waals surface area contributed by atoms with Crippen molar-refractivity contribution in [3.05, 3.63) is 0 Å². The molecule has 1 aliphatic rings. The number of ether oxygens (including phenoxy) is 1. The van der Waals surface area contributed by atoms with Crippen LogP contribution in [0.3, 0.4) is 0 Å². The van der Waals surface area contributed by atoms with E-state index in [-0.39, 0.29) is 0 Å². The molecule has 14 heavy (non-hydrogen) atoms. The van der Waals surface area contributed by atoms with Gasteiger partial charge in [0.2, 0.25) is 0 Å². The molecule has 0 aromatic rings. The number of nitrogens with zero attached hydrogens (tertiary/aromatic N) is 1. The number of nitrogens with one attached hydrogen (secondary N) is 1. The highest BCUT2D eigenvalue weighted by atomic mass is 16.5. The van der Waals surface area contributed by atoms with E-state index in [1.165, 1.54) is 26.1 Å². The van der Waals surface area contributed by atoms with E-state index in [0.717, 1.165) is 19.1 Å². The Balaban J connectivity index is 2.08. The Labute approximate surface area is 87.8 Å². The number of likely N-dealkylation sites (tertiary alicyclic amines) is 1. The molecule has 3 heteroatoms. The van der Waals surface area contributed by atoms with Crippen molar-refractivity contribution >= 4 is 0 Å². The van der Waals surface area contributed by atoms with E-state index in [1.54, 1.807) is 7.11 Å². The summed E-state index contributed by atoms with van der Waals surface area (Å²) < 4.78 is 5.08. The van der Waals surface area contributed by atoms with Gasteiger partial charge in [-0.05, 0) is 25.4 Å². The molecule has 1 heterocycles. The van der Waals surface area contributed by atoms with E-state index in [9.17, 15) is 0 Å². The Morgan fingerprint density at radius 1 is 1.50 bits per heavy atom. The molecule has 0 aromatic carbocycles. The molecule has 1 N–H and O–H groups in total. The number of hydrogen-bond acceptors (Lipinski definition) is 3. The molecule has 84 valence electrons. The van der Waals surface area contributed by atoms with Crippen LogP contribution in [0.15, 0.2) is 0 Å².